The number of benzene rings is 2. The van der Waals surface area contributed by atoms with Crippen LogP contribution in [0.25, 0.3) is 0 Å². The second kappa shape index (κ2) is 9.18. The molecule has 1 aliphatic heterocycles. The van der Waals surface area contributed by atoms with Gasteiger partial charge in [0.05, 0.1) is 12.9 Å². The maximum absolute atomic E-state index is 12.4. The lowest BCUT2D eigenvalue weighted by molar-refractivity contribution is 0.0793. The Labute approximate surface area is 179 Å². The number of rotatable bonds is 4. The standard InChI is InChI=1S/C24H22N4O3/c29-22-21(26-16-27-23(22)30)15-25-20-11-7-18(8-12-20)4-3-17-5-9-19(10-6-17)24(31)28-13-1-2-14-28/h5-12,16,25,29H,1-2,13-15H2,(H,26,27,30). The molecule has 1 aliphatic rings. The van der Waals surface area contributed by atoms with Gasteiger partial charge in [-0.3, -0.25) is 9.59 Å². The molecule has 0 atom stereocenters. The van der Waals surface area contributed by atoms with Crippen molar-refractivity contribution in [2.24, 2.45) is 0 Å². The lowest BCUT2D eigenvalue weighted by Crippen LogP contribution is -2.27. The van der Waals surface area contributed by atoms with Crippen LogP contribution in [0, 0.1) is 11.8 Å². The highest BCUT2D eigenvalue weighted by atomic mass is 16.3. The van der Waals surface area contributed by atoms with Crippen molar-refractivity contribution in [1.82, 2.24) is 14.9 Å². The van der Waals surface area contributed by atoms with Crippen LogP contribution in [0.15, 0.2) is 59.7 Å². The summed E-state index contributed by atoms with van der Waals surface area (Å²) in [6.45, 7) is 1.91. The van der Waals surface area contributed by atoms with Crippen LogP contribution >= 0.6 is 0 Å². The summed E-state index contributed by atoms with van der Waals surface area (Å²) in [6.07, 6.45) is 3.41. The number of likely N-dealkylation sites (tertiary alicyclic amines) is 1. The maximum Gasteiger partial charge on any atom is 0.293 e. The summed E-state index contributed by atoms with van der Waals surface area (Å²) >= 11 is 0. The number of aromatic nitrogens is 2. The monoisotopic (exact) mass is 414 g/mol. The van der Waals surface area contributed by atoms with Crippen molar-refractivity contribution < 1.29 is 9.90 Å². The maximum atomic E-state index is 12.4. The summed E-state index contributed by atoms with van der Waals surface area (Å²) in [4.78, 5) is 32.0. The fraction of sp³-hybridized carbons (Fsp3) is 0.208. The van der Waals surface area contributed by atoms with E-state index in [2.05, 4.69) is 27.1 Å². The van der Waals surface area contributed by atoms with Gasteiger partial charge in [-0.1, -0.05) is 11.8 Å². The molecule has 1 aromatic heterocycles. The number of aromatic amines is 1. The molecule has 1 fully saturated rings. The quantitative estimate of drug-likeness (QED) is 0.570. The van der Waals surface area contributed by atoms with E-state index < -0.39 is 5.56 Å². The highest BCUT2D eigenvalue weighted by Gasteiger charge is 2.18. The number of H-pyrrole nitrogens is 1. The number of carbonyl (C=O) groups is 1. The van der Waals surface area contributed by atoms with Crippen molar-refractivity contribution in [2.45, 2.75) is 19.4 Å². The largest absolute Gasteiger partial charge is 0.502 e. The summed E-state index contributed by atoms with van der Waals surface area (Å²) in [5.41, 5.74) is 2.92. The molecule has 7 nitrogen and oxygen atoms in total. The molecular formula is C24H22N4O3. The minimum atomic E-state index is -0.564. The van der Waals surface area contributed by atoms with E-state index >= 15 is 0 Å². The summed E-state index contributed by atoms with van der Waals surface area (Å²) in [5, 5.41) is 12.8. The molecule has 0 bridgehead atoms. The van der Waals surface area contributed by atoms with Gasteiger partial charge in [0.15, 0.2) is 0 Å². The van der Waals surface area contributed by atoms with Crippen molar-refractivity contribution in [3.63, 3.8) is 0 Å². The first-order valence-electron chi connectivity index (χ1n) is 10.1. The third-order valence-electron chi connectivity index (χ3n) is 5.13. The second-order valence-corrected chi connectivity index (χ2v) is 7.28. The number of hydrogen-bond donors (Lipinski definition) is 3. The summed E-state index contributed by atoms with van der Waals surface area (Å²) in [6, 6.07) is 14.9. The number of carbonyl (C=O) groups excluding carboxylic acids is 1. The van der Waals surface area contributed by atoms with Crippen molar-refractivity contribution >= 4 is 11.6 Å². The molecule has 0 radical (unpaired) electrons. The molecule has 2 heterocycles. The van der Waals surface area contributed by atoms with Crippen LogP contribution in [0.1, 0.15) is 40.0 Å². The van der Waals surface area contributed by atoms with Crippen molar-refractivity contribution in [3.05, 3.63) is 87.6 Å². The zero-order valence-electron chi connectivity index (χ0n) is 16.9. The van der Waals surface area contributed by atoms with E-state index in [1.54, 1.807) is 0 Å². The Kier molecular flexibility index (Phi) is 5.99. The average molecular weight is 414 g/mol. The van der Waals surface area contributed by atoms with Crippen LogP contribution in [-0.2, 0) is 6.54 Å². The lowest BCUT2D eigenvalue weighted by atomic mass is 10.1. The number of anilines is 1. The highest BCUT2D eigenvalue weighted by Crippen LogP contribution is 2.15. The first kappa shape index (κ1) is 20.2. The molecule has 7 heteroatoms. The normalized spacial score (nSPS) is 12.8. The van der Waals surface area contributed by atoms with E-state index in [9.17, 15) is 14.7 Å². The Bertz CT molecular complexity index is 1180. The predicted molar refractivity (Wildman–Crippen MR) is 118 cm³/mol. The van der Waals surface area contributed by atoms with Gasteiger partial charge in [0.1, 0.15) is 5.69 Å². The van der Waals surface area contributed by atoms with Crippen LogP contribution in [0.4, 0.5) is 5.69 Å². The fourth-order valence-electron chi connectivity index (χ4n) is 3.36. The molecule has 0 spiro atoms. The Balaban J connectivity index is 1.36. The van der Waals surface area contributed by atoms with Crippen LogP contribution in [0.5, 0.6) is 5.75 Å². The van der Waals surface area contributed by atoms with Crippen molar-refractivity contribution in [1.29, 1.82) is 0 Å². The molecular weight excluding hydrogens is 392 g/mol. The van der Waals surface area contributed by atoms with Crippen LogP contribution in [0.3, 0.4) is 0 Å². The van der Waals surface area contributed by atoms with Gasteiger partial charge in [-0.15, -0.1) is 0 Å². The Morgan fingerprint density at radius 2 is 1.65 bits per heavy atom. The highest BCUT2D eigenvalue weighted by molar-refractivity contribution is 5.94. The minimum absolute atomic E-state index is 0.0868. The molecule has 4 rings (SSSR count). The molecule has 31 heavy (non-hydrogen) atoms. The number of aromatic hydroxyl groups is 1. The molecule has 1 saturated heterocycles. The molecule has 0 unspecified atom stereocenters. The Hall–Kier alpha value is -4.05. The van der Waals surface area contributed by atoms with E-state index in [1.807, 2.05) is 53.4 Å². The van der Waals surface area contributed by atoms with E-state index in [0.29, 0.717) is 5.56 Å². The summed E-state index contributed by atoms with van der Waals surface area (Å²) in [5.74, 6) is 5.93. The fourth-order valence-corrected chi connectivity index (χ4v) is 3.36. The molecule has 3 N–H and O–H groups in total. The van der Waals surface area contributed by atoms with E-state index in [-0.39, 0.29) is 23.9 Å². The molecule has 3 aromatic rings. The number of nitrogens with zero attached hydrogens (tertiary/aromatic N) is 2. The molecule has 0 aliphatic carbocycles. The zero-order chi connectivity index (χ0) is 21.6. The van der Waals surface area contributed by atoms with Gasteiger partial charge in [-0.2, -0.15) is 0 Å². The van der Waals surface area contributed by atoms with Crippen molar-refractivity contribution in [3.8, 4) is 17.6 Å². The molecule has 1 amide bonds. The van der Waals surface area contributed by atoms with Crippen LogP contribution < -0.4 is 10.9 Å². The van der Waals surface area contributed by atoms with E-state index in [1.165, 1.54) is 6.33 Å². The van der Waals surface area contributed by atoms with Gasteiger partial charge in [0.25, 0.3) is 11.5 Å². The van der Waals surface area contributed by atoms with Gasteiger partial charge in [-0.25, -0.2) is 4.98 Å². The summed E-state index contributed by atoms with van der Waals surface area (Å²) in [7, 11) is 0. The number of nitrogens with one attached hydrogen (secondary N) is 2. The van der Waals surface area contributed by atoms with Crippen LogP contribution in [-0.4, -0.2) is 39.0 Å². The Morgan fingerprint density at radius 3 is 2.29 bits per heavy atom. The zero-order valence-corrected chi connectivity index (χ0v) is 16.9. The third kappa shape index (κ3) is 4.93. The van der Waals surface area contributed by atoms with Crippen molar-refractivity contribution in [2.75, 3.05) is 18.4 Å². The van der Waals surface area contributed by atoms with Gasteiger partial charge in [0.2, 0.25) is 5.75 Å². The first-order chi connectivity index (χ1) is 15.1. The predicted octanol–water partition coefficient (Wildman–Crippen LogP) is 2.72. The van der Waals surface area contributed by atoms with Gasteiger partial charge < -0.3 is 20.3 Å². The van der Waals surface area contributed by atoms with Gasteiger partial charge in [0, 0.05) is 35.5 Å². The average Bonchev–Trinajstić information content (AvgIpc) is 3.34. The molecule has 2 aromatic carbocycles. The van der Waals surface area contributed by atoms with Crippen LogP contribution in [0.2, 0.25) is 0 Å². The van der Waals surface area contributed by atoms with E-state index in [0.717, 1.165) is 42.7 Å². The topological polar surface area (TPSA) is 98.3 Å². The smallest absolute Gasteiger partial charge is 0.293 e. The molecule has 0 saturated carbocycles. The SMILES string of the molecule is O=C(c1ccc(C#Cc2ccc(NCc3nc[nH]c(=O)c3O)cc2)cc1)N1CCCC1. The number of amides is 1. The minimum Gasteiger partial charge on any atom is -0.502 e. The number of hydrogen-bond acceptors (Lipinski definition) is 5. The van der Waals surface area contributed by atoms with Gasteiger partial charge >= 0.3 is 0 Å². The Morgan fingerprint density at radius 1 is 1.03 bits per heavy atom. The molecule has 156 valence electrons. The first-order valence-corrected chi connectivity index (χ1v) is 10.1. The second-order valence-electron chi connectivity index (χ2n) is 7.28. The third-order valence-corrected chi connectivity index (χ3v) is 5.13. The lowest BCUT2D eigenvalue weighted by Gasteiger charge is -2.14. The summed E-state index contributed by atoms with van der Waals surface area (Å²) < 4.78 is 0. The van der Waals surface area contributed by atoms with E-state index in [4.69, 9.17) is 0 Å². The van der Waals surface area contributed by atoms with Gasteiger partial charge in [-0.05, 0) is 61.4 Å².